The van der Waals surface area contributed by atoms with Crippen molar-refractivity contribution in [2.24, 2.45) is 5.92 Å². The van der Waals surface area contributed by atoms with Crippen molar-refractivity contribution in [3.8, 4) is 11.5 Å². The smallest absolute Gasteiger partial charge is 0.162 e. The third kappa shape index (κ3) is 6.03. The van der Waals surface area contributed by atoms with Crippen LogP contribution in [0.15, 0.2) is 18.2 Å². The molecule has 2 N–H and O–H groups in total. The number of phenolic OH excluding ortho intramolecular Hbond substituents is 1. The number of phenols is 1. The summed E-state index contributed by atoms with van der Waals surface area (Å²) in [4.78, 5) is 2.47. The monoisotopic (exact) mass is 364 g/mol. The van der Waals surface area contributed by atoms with Crippen molar-refractivity contribution in [2.45, 2.75) is 33.2 Å². The van der Waals surface area contributed by atoms with E-state index in [1.807, 2.05) is 25.1 Å². The predicted molar refractivity (Wildman–Crippen MR) is 100 cm³/mol. The maximum absolute atomic E-state index is 10.6. The molecule has 1 fully saturated rings. The summed E-state index contributed by atoms with van der Waals surface area (Å²) in [7, 11) is 0. The van der Waals surface area contributed by atoms with Crippen LogP contribution in [-0.4, -0.2) is 42.8 Å². The summed E-state index contributed by atoms with van der Waals surface area (Å²) in [6, 6.07) is 6.11. The highest BCUT2D eigenvalue weighted by atomic mass is 35.5. The van der Waals surface area contributed by atoms with Gasteiger partial charge in [-0.25, -0.2) is 0 Å². The van der Waals surface area contributed by atoms with E-state index in [1.165, 1.54) is 0 Å². The largest absolute Gasteiger partial charge is 0.504 e. The third-order valence-electron chi connectivity index (χ3n) is 3.98. The number of para-hydroxylation sites is 1. The van der Waals surface area contributed by atoms with Gasteiger partial charge >= 0.3 is 0 Å². The van der Waals surface area contributed by atoms with Crippen LogP contribution in [0.5, 0.6) is 11.5 Å². The molecule has 0 radical (unpaired) electrons. The number of hydrogen-bond acceptors (Lipinski definition) is 4. The fraction of sp³-hybridized carbons (Fsp3) is 0.647. The first-order chi connectivity index (χ1) is 10.1. The molecule has 0 saturated carbocycles. The highest BCUT2D eigenvalue weighted by molar-refractivity contribution is 5.85. The van der Waals surface area contributed by atoms with Crippen molar-refractivity contribution in [3.63, 3.8) is 0 Å². The van der Waals surface area contributed by atoms with Gasteiger partial charge in [0.15, 0.2) is 11.5 Å². The minimum absolute atomic E-state index is 0. The van der Waals surface area contributed by atoms with E-state index >= 15 is 0 Å². The summed E-state index contributed by atoms with van der Waals surface area (Å²) in [6.07, 6.45) is 1.04. The molecule has 1 aromatic rings. The average Bonchev–Trinajstić information content (AvgIpc) is 2.48. The molecule has 1 aromatic carbocycles. The molecule has 0 aromatic heterocycles. The van der Waals surface area contributed by atoms with E-state index in [4.69, 9.17) is 4.74 Å². The highest BCUT2D eigenvalue weighted by Crippen LogP contribution is 2.39. The summed E-state index contributed by atoms with van der Waals surface area (Å²) >= 11 is 0. The standard InChI is InChI=1S/C17H28N2O2.2ClH/c1-4-21-16-7-5-6-14(17(16)20)15(12-13(2)3)19-10-8-18-9-11-19;;/h5-7,13,15,18,20H,4,8-12H2,1-3H3;2*1H/t15-;;/m0../s1. The Morgan fingerprint density at radius 3 is 2.43 bits per heavy atom. The normalized spacial score (nSPS) is 16.3. The van der Waals surface area contributed by atoms with Crippen LogP contribution < -0.4 is 10.1 Å². The van der Waals surface area contributed by atoms with Gasteiger partial charge in [-0.2, -0.15) is 0 Å². The van der Waals surface area contributed by atoms with E-state index in [0.717, 1.165) is 38.2 Å². The SMILES string of the molecule is CCOc1cccc([C@H](CC(C)C)N2CCNCC2)c1O.Cl.Cl. The molecule has 0 spiro atoms. The Hall–Kier alpha value is -0.680. The molecular weight excluding hydrogens is 335 g/mol. The minimum Gasteiger partial charge on any atom is -0.504 e. The Morgan fingerprint density at radius 2 is 1.87 bits per heavy atom. The van der Waals surface area contributed by atoms with E-state index in [-0.39, 0.29) is 30.9 Å². The zero-order chi connectivity index (χ0) is 15.2. The van der Waals surface area contributed by atoms with Crippen molar-refractivity contribution in [1.29, 1.82) is 0 Å². The molecule has 4 nitrogen and oxygen atoms in total. The van der Waals surface area contributed by atoms with Gasteiger partial charge in [0, 0.05) is 37.8 Å². The van der Waals surface area contributed by atoms with Crippen LogP contribution in [0.3, 0.4) is 0 Å². The number of rotatable bonds is 6. The lowest BCUT2D eigenvalue weighted by Gasteiger charge is -2.36. The van der Waals surface area contributed by atoms with Crippen molar-refractivity contribution >= 4 is 24.8 Å². The van der Waals surface area contributed by atoms with Crippen LogP contribution in [0.25, 0.3) is 0 Å². The van der Waals surface area contributed by atoms with Gasteiger partial charge in [0.05, 0.1) is 6.61 Å². The Labute approximate surface area is 152 Å². The molecule has 1 saturated heterocycles. The molecule has 23 heavy (non-hydrogen) atoms. The number of halogens is 2. The van der Waals surface area contributed by atoms with Crippen LogP contribution >= 0.6 is 24.8 Å². The number of benzene rings is 1. The predicted octanol–water partition coefficient (Wildman–Crippen LogP) is 3.63. The van der Waals surface area contributed by atoms with Crippen LogP contribution in [0, 0.1) is 5.92 Å². The summed E-state index contributed by atoms with van der Waals surface area (Å²) in [6.45, 7) is 11.1. The second-order valence-electron chi connectivity index (χ2n) is 6.06. The molecule has 1 heterocycles. The van der Waals surface area contributed by atoms with Crippen LogP contribution in [0.1, 0.15) is 38.8 Å². The minimum atomic E-state index is 0. The Morgan fingerprint density at radius 1 is 1.22 bits per heavy atom. The topological polar surface area (TPSA) is 44.7 Å². The van der Waals surface area contributed by atoms with Gasteiger partial charge in [0.1, 0.15) is 0 Å². The van der Waals surface area contributed by atoms with Crippen molar-refractivity contribution in [3.05, 3.63) is 23.8 Å². The molecular formula is C17H30Cl2N2O2. The molecule has 1 atom stereocenters. The number of nitrogens with zero attached hydrogens (tertiary/aromatic N) is 1. The van der Waals surface area contributed by atoms with Gasteiger partial charge in [-0.15, -0.1) is 24.8 Å². The van der Waals surface area contributed by atoms with Gasteiger partial charge in [-0.1, -0.05) is 26.0 Å². The molecule has 0 bridgehead atoms. The van der Waals surface area contributed by atoms with Gasteiger partial charge in [0.2, 0.25) is 0 Å². The Bertz CT molecular complexity index is 452. The maximum atomic E-state index is 10.6. The first-order valence-corrected chi connectivity index (χ1v) is 8.03. The quantitative estimate of drug-likeness (QED) is 0.808. The summed E-state index contributed by atoms with van der Waals surface area (Å²) in [5.41, 5.74) is 0.997. The molecule has 134 valence electrons. The number of ether oxygens (including phenoxy) is 1. The van der Waals surface area contributed by atoms with Gasteiger partial charge < -0.3 is 15.2 Å². The lowest BCUT2D eigenvalue weighted by molar-refractivity contribution is 0.151. The third-order valence-corrected chi connectivity index (χ3v) is 3.98. The first-order valence-electron chi connectivity index (χ1n) is 8.03. The average molecular weight is 365 g/mol. The fourth-order valence-corrected chi connectivity index (χ4v) is 2.99. The van der Waals surface area contributed by atoms with E-state index in [2.05, 4.69) is 24.1 Å². The molecule has 2 rings (SSSR count). The summed E-state index contributed by atoms with van der Waals surface area (Å²) in [5, 5.41) is 14.0. The lowest BCUT2D eigenvalue weighted by Crippen LogP contribution is -2.45. The Balaban J connectivity index is 0.00000242. The summed E-state index contributed by atoms with van der Waals surface area (Å²) < 4.78 is 5.54. The fourth-order valence-electron chi connectivity index (χ4n) is 2.99. The lowest BCUT2D eigenvalue weighted by atomic mass is 9.94. The van der Waals surface area contributed by atoms with Crippen molar-refractivity contribution in [2.75, 3.05) is 32.8 Å². The van der Waals surface area contributed by atoms with Crippen molar-refractivity contribution in [1.82, 2.24) is 10.2 Å². The zero-order valence-corrected chi connectivity index (χ0v) is 15.9. The van der Waals surface area contributed by atoms with Crippen LogP contribution in [-0.2, 0) is 0 Å². The first kappa shape index (κ1) is 22.3. The number of piperazine rings is 1. The van der Waals surface area contributed by atoms with Gasteiger partial charge in [-0.3, -0.25) is 4.90 Å². The second-order valence-corrected chi connectivity index (χ2v) is 6.06. The van der Waals surface area contributed by atoms with Crippen LogP contribution in [0.4, 0.5) is 0 Å². The second kappa shape index (κ2) is 11.0. The molecule has 6 heteroatoms. The van der Waals surface area contributed by atoms with Crippen molar-refractivity contribution < 1.29 is 9.84 Å². The molecule has 1 aliphatic heterocycles. The van der Waals surface area contributed by atoms with E-state index < -0.39 is 0 Å². The van der Waals surface area contributed by atoms with E-state index in [9.17, 15) is 5.11 Å². The van der Waals surface area contributed by atoms with Gasteiger partial charge in [0.25, 0.3) is 0 Å². The number of nitrogens with one attached hydrogen (secondary N) is 1. The van der Waals surface area contributed by atoms with E-state index in [1.54, 1.807) is 0 Å². The number of aromatic hydroxyl groups is 1. The molecule has 1 aliphatic rings. The zero-order valence-electron chi connectivity index (χ0n) is 14.2. The highest BCUT2D eigenvalue weighted by Gasteiger charge is 2.26. The Kier molecular flexibility index (Phi) is 10.7. The van der Waals surface area contributed by atoms with Gasteiger partial charge in [-0.05, 0) is 25.3 Å². The molecule has 0 aliphatic carbocycles. The molecule has 0 unspecified atom stereocenters. The maximum Gasteiger partial charge on any atom is 0.162 e. The number of hydrogen-bond donors (Lipinski definition) is 2. The van der Waals surface area contributed by atoms with E-state index in [0.29, 0.717) is 24.0 Å². The summed E-state index contributed by atoms with van der Waals surface area (Å²) in [5.74, 6) is 1.49. The van der Waals surface area contributed by atoms with Crippen LogP contribution in [0.2, 0.25) is 0 Å². The molecule has 0 amide bonds.